The van der Waals surface area contributed by atoms with Gasteiger partial charge < -0.3 is 10.2 Å². The predicted octanol–water partition coefficient (Wildman–Crippen LogP) is 1.94. The highest BCUT2D eigenvalue weighted by molar-refractivity contribution is 5.81. The second-order valence-electron chi connectivity index (χ2n) is 6.81. The Morgan fingerprint density at radius 1 is 1.17 bits per heavy atom. The fraction of sp³-hybridized carbons (Fsp3) is 0.579. The summed E-state index contributed by atoms with van der Waals surface area (Å²) in [4.78, 5) is 28.1. The molecule has 1 aliphatic rings. The lowest BCUT2D eigenvalue weighted by Crippen LogP contribution is -2.43. The molecular weight excluding hydrogens is 302 g/mol. The molecule has 0 radical (unpaired) electrons. The SMILES string of the molecule is CCCN(Cc1ccc(C)cc1)C(=O)CN(C)CC(=O)NC1CC1. The first-order chi connectivity index (χ1) is 11.5. The van der Waals surface area contributed by atoms with Crippen molar-refractivity contribution >= 4 is 11.8 Å². The Morgan fingerprint density at radius 3 is 2.42 bits per heavy atom. The Kier molecular flexibility index (Phi) is 6.79. The van der Waals surface area contributed by atoms with Gasteiger partial charge in [-0.05, 0) is 38.8 Å². The topological polar surface area (TPSA) is 52.7 Å². The predicted molar refractivity (Wildman–Crippen MR) is 95.5 cm³/mol. The van der Waals surface area contributed by atoms with Gasteiger partial charge in [-0.1, -0.05) is 36.8 Å². The van der Waals surface area contributed by atoms with E-state index in [9.17, 15) is 9.59 Å². The molecule has 0 unspecified atom stereocenters. The first-order valence-corrected chi connectivity index (χ1v) is 8.79. The maximum atomic E-state index is 12.6. The van der Waals surface area contributed by atoms with E-state index in [0.717, 1.165) is 31.4 Å². The van der Waals surface area contributed by atoms with Crippen molar-refractivity contribution in [2.45, 2.75) is 45.7 Å². The van der Waals surface area contributed by atoms with Gasteiger partial charge in [-0.3, -0.25) is 14.5 Å². The monoisotopic (exact) mass is 331 g/mol. The second-order valence-corrected chi connectivity index (χ2v) is 6.81. The summed E-state index contributed by atoms with van der Waals surface area (Å²) in [5, 5.41) is 2.95. The molecule has 24 heavy (non-hydrogen) atoms. The van der Waals surface area contributed by atoms with E-state index in [2.05, 4.69) is 43.4 Å². The number of benzene rings is 1. The Balaban J connectivity index is 1.84. The zero-order chi connectivity index (χ0) is 17.5. The minimum Gasteiger partial charge on any atom is -0.352 e. The van der Waals surface area contributed by atoms with Crippen molar-refractivity contribution in [1.29, 1.82) is 0 Å². The Morgan fingerprint density at radius 2 is 1.83 bits per heavy atom. The summed E-state index contributed by atoms with van der Waals surface area (Å²) in [5.74, 6) is 0.0764. The van der Waals surface area contributed by atoms with Gasteiger partial charge in [-0.2, -0.15) is 0 Å². The van der Waals surface area contributed by atoms with Crippen LogP contribution in [0.3, 0.4) is 0 Å². The highest BCUT2D eigenvalue weighted by Crippen LogP contribution is 2.18. The van der Waals surface area contributed by atoms with E-state index >= 15 is 0 Å². The number of nitrogens with zero attached hydrogens (tertiary/aromatic N) is 2. The standard InChI is InChI=1S/C19H29N3O2/c1-4-11-22(12-16-7-5-15(2)6-8-16)19(24)14-21(3)13-18(23)20-17-9-10-17/h5-8,17H,4,9-14H2,1-3H3,(H,20,23). The normalized spacial score (nSPS) is 13.8. The summed E-state index contributed by atoms with van der Waals surface area (Å²) in [7, 11) is 1.82. The van der Waals surface area contributed by atoms with Crippen molar-refractivity contribution in [1.82, 2.24) is 15.1 Å². The maximum absolute atomic E-state index is 12.6. The summed E-state index contributed by atoms with van der Waals surface area (Å²) in [6.45, 7) is 6.02. The molecule has 1 N–H and O–H groups in total. The van der Waals surface area contributed by atoms with Gasteiger partial charge >= 0.3 is 0 Å². The van der Waals surface area contributed by atoms with E-state index in [0.29, 0.717) is 12.6 Å². The molecular formula is C19H29N3O2. The van der Waals surface area contributed by atoms with Crippen LogP contribution >= 0.6 is 0 Å². The summed E-state index contributed by atoms with van der Waals surface area (Å²) in [6, 6.07) is 8.63. The van der Waals surface area contributed by atoms with E-state index in [1.807, 2.05) is 11.9 Å². The van der Waals surface area contributed by atoms with Crippen molar-refractivity contribution in [3.63, 3.8) is 0 Å². The second kappa shape index (κ2) is 8.83. The minimum absolute atomic E-state index is 0.00776. The third-order valence-corrected chi connectivity index (χ3v) is 4.10. The molecule has 132 valence electrons. The quantitative estimate of drug-likeness (QED) is 0.752. The van der Waals surface area contributed by atoms with Gasteiger partial charge in [0, 0.05) is 19.1 Å². The molecule has 0 atom stereocenters. The maximum Gasteiger partial charge on any atom is 0.237 e. The molecule has 0 saturated heterocycles. The lowest BCUT2D eigenvalue weighted by molar-refractivity contribution is -0.133. The molecule has 1 saturated carbocycles. The van der Waals surface area contributed by atoms with Crippen LogP contribution in [-0.4, -0.2) is 54.3 Å². The van der Waals surface area contributed by atoms with Crippen LogP contribution in [0.15, 0.2) is 24.3 Å². The van der Waals surface area contributed by atoms with Crippen molar-refractivity contribution in [3.8, 4) is 0 Å². The van der Waals surface area contributed by atoms with Gasteiger partial charge in [-0.15, -0.1) is 0 Å². The summed E-state index contributed by atoms with van der Waals surface area (Å²) >= 11 is 0. The molecule has 1 aromatic rings. The van der Waals surface area contributed by atoms with Gasteiger partial charge in [0.2, 0.25) is 11.8 Å². The van der Waals surface area contributed by atoms with Gasteiger partial charge in [0.15, 0.2) is 0 Å². The van der Waals surface area contributed by atoms with Gasteiger partial charge in [0.1, 0.15) is 0 Å². The lowest BCUT2D eigenvalue weighted by atomic mass is 10.1. The molecule has 0 bridgehead atoms. The van der Waals surface area contributed by atoms with E-state index in [1.54, 1.807) is 4.90 Å². The number of likely N-dealkylation sites (N-methyl/N-ethyl adjacent to an activating group) is 1. The number of hydrogen-bond donors (Lipinski definition) is 1. The Labute approximate surface area is 145 Å². The lowest BCUT2D eigenvalue weighted by Gasteiger charge is -2.25. The molecule has 2 amide bonds. The van der Waals surface area contributed by atoms with Crippen LogP contribution in [0, 0.1) is 6.92 Å². The van der Waals surface area contributed by atoms with E-state index in [-0.39, 0.29) is 24.9 Å². The molecule has 1 fully saturated rings. The highest BCUT2D eigenvalue weighted by atomic mass is 16.2. The molecule has 2 rings (SSSR count). The van der Waals surface area contributed by atoms with Crippen molar-refractivity contribution in [3.05, 3.63) is 35.4 Å². The van der Waals surface area contributed by atoms with Crippen LogP contribution in [0.1, 0.15) is 37.3 Å². The molecule has 5 heteroatoms. The number of carbonyl (C=O) groups excluding carboxylic acids is 2. The number of aryl methyl sites for hydroxylation is 1. The van der Waals surface area contributed by atoms with Crippen molar-refractivity contribution < 1.29 is 9.59 Å². The molecule has 0 aliphatic heterocycles. The van der Waals surface area contributed by atoms with Crippen LogP contribution in [-0.2, 0) is 16.1 Å². The van der Waals surface area contributed by atoms with Crippen LogP contribution in [0.4, 0.5) is 0 Å². The largest absolute Gasteiger partial charge is 0.352 e. The van der Waals surface area contributed by atoms with Gasteiger partial charge in [0.05, 0.1) is 13.1 Å². The van der Waals surface area contributed by atoms with Crippen LogP contribution in [0.25, 0.3) is 0 Å². The molecule has 1 aromatic carbocycles. The number of hydrogen-bond acceptors (Lipinski definition) is 3. The number of nitrogens with one attached hydrogen (secondary N) is 1. The molecule has 0 heterocycles. The number of rotatable bonds is 9. The fourth-order valence-corrected chi connectivity index (χ4v) is 2.61. The Bertz CT molecular complexity index is 552. The molecule has 0 aromatic heterocycles. The van der Waals surface area contributed by atoms with Gasteiger partial charge in [0.25, 0.3) is 0 Å². The van der Waals surface area contributed by atoms with Crippen molar-refractivity contribution in [2.24, 2.45) is 0 Å². The third-order valence-electron chi connectivity index (χ3n) is 4.10. The van der Waals surface area contributed by atoms with Crippen LogP contribution in [0.2, 0.25) is 0 Å². The summed E-state index contributed by atoms with van der Waals surface area (Å²) in [6.07, 6.45) is 3.08. The third kappa shape index (κ3) is 6.32. The van der Waals surface area contributed by atoms with E-state index < -0.39 is 0 Å². The van der Waals surface area contributed by atoms with E-state index in [4.69, 9.17) is 0 Å². The summed E-state index contributed by atoms with van der Waals surface area (Å²) < 4.78 is 0. The molecule has 1 aliphatic carbocycles. The first-order valence-electron chi connectivity index (χ1n) is 8.79. The summed E-state index contributed by atoms with van der Waals surface area (Å²) in [5.41, 5.74) is 2.35. The fourth-order valence-electron chi connectivity index (χ4n) is 2.61. The average Bonchev–Trinajstić information content (AvgIpc) is 3.32. The first kappa shape index (κ1) is 18.5. The minimum atomic E-state index is 0.00776. The van der Waals surface area contributed by atoms with E-state index in [1.165, 1.54) is 5.56 Å². The van der Waals surface area contributed by atoms with Crippen LogP contribution < -0.4 is 5.32 Å². The number of carbonyl (C=O) groups is 2. The smallest absolute Gasteiger partial charge is 0.237 e. The molecule has 0 spiro atoms. The van der Waals surface area contributed by atoms with Gasteiger partial charge in [-0.25, -0.2) is 0 Å². The zero-order valence-corrected chi connectivity index (χ0v) is 15.0. The zero-order valence-electron chi connectivity index (χ0n) is 15.0. The molecule has 5 nitrogen and oxygen atoms in total. The van der Waals surface area contributed by atoms with Crippen LogP contribution in [0.5, 0.6) is 0 Å². The van der Waals surface area contributed by atoms with Crippen molar-refractivity contribution in [2.75, 3.05) is 26.7 Å². The average molecular weight is 331 g/mol. The number of amides is 2. The Hall–Kier alpha value is -1.88. The highest BCUT2D eigenvalue weighted by Gasteiger charge is 2.24.